The van der Waals surface area contributed by atoms with Crippen LogP contribution in [0.5, 0.6) is 0 Å². The third kappa shape index (κ3) is 6.01. The van der Waals surface area contributed by atoms with Gasteiger partial charge in [0.05, 0.1) is 44.5 Å². The van der Waals surface area contributed by atoms with Gasteiger partial charge in [0.15, 0.2) is 0 Å². The van der Waals surface area contributed by atoms with Gasteiger partial charge < -0.3 is 18.3 Å². The van der Waals surface area contributed by atoms with E-state index in [1.807, 2.05) is 0 Å². The van der Waals surface area contributed by atoms with Gasteiger partial charge in [-0.05, 0) is 133 Å². The molecule has 0 bridgehead atoms. The standard InChI is InChI=1S/C70H63BN4/c1-67(2,3)40-28-30-58-49(32-40)51-34-42(69(7,8)9)36-53-64(51)74(58)61-38-44(39-62-63(61)71(53)54-37-43(70(10,11)12)35-52-50-33-41(68(4,5)6)29-31-59(50)75(62)65(52)54)72-55-24-16-15-22-47(55)48-23-19-27-60(66(48)72)73-56-25-17-13-20-45(56)46-21-14-18-26-57(46)73/h13-39H,1-12H3. The molecule has 0 unspecified atom stereocenters. The molecular weight excluding hydrogens is 908 g/mol. The predicted molar refractivity (Wildman–Crippen MR) is 323 cm³/mol. The van der Waals surface area contributed by atoms with Crippen molar-refractivity contribution in [2.45, 2.75) is 105 Å². The van der Waals surface area contributed by atoms with Crippen LogP contribution in [-0.4, -0.2) is 25.0 Å². The summed E-state index contributed by atoms with van der Waals surface area (Å²) in [5, 5.41) is 10.3. The topological polar surface area (TPSA) is 19.7 Å². The number of para-hydroxylation sites is 4. The summed E-state index contributed by atoms with van der Waals surface area (Å²) in [5.41, 5.74) is 24.2. The summed E-state index contributed by atoms with van der Waals surface area (Å²) in [7, 11) is 0. The lowest BCUT2D eigenvalue weighted by Gasteiger charge is -2.36. The highest BCUT2D eigenvalue weighted by Gasteiger charge is 2.43. The lowest BCUT2D eigenvalue weighted by Crippen LogP contribution is -2.59. The minimum atomic E-state index is -0.0756. The van der Waals surface area contributed by atoms with Gasteiger partial charge in [-0.1, -0.05) is 174 Å². The van der Waals surface area contributed by atoms with Crippen molar-refractivity contribution in [3.05, 3.63) is 186 Å². The quantitative estimate of drug-likeness (QED) is 0.154. The van der Waals surface area contributed by atoms with E-state index in [1.54, 1.807) is 0 Å². The zero-order chi connectivity index (χ0) is 51.6. The van der Waals surface area contributed by atoms with Gasteiger partial charge in [-0.2, -0.15) is 0 Å². The Labute approximate surface area is 439 Å². The molecule has 2 aliphatic rings. The molecule has 9 aromatic carbocycles. The third-order valence-corrected chi connectivity index (χ3v) is 17.5. The minimum absolute atomic E-state index is 0.0113. The second-order valence-electron chi connectivity index (χ2n) is 26.3. The number of benzene rings is 9. The van der Waals surface area contributed by atoms with Gasteiger partial charge in [0.25, 0.3) is 6.71 Å². The van der Waals surface area contributed by atoms with Crippen LogP contribution in [0.1, 0.15) is 105 Å². The van der Waals surface area contributed by atoms with Crippen LogP contribution >= 0.6 is 0 Å². The molecule has 0 atom stereocenters. The van der Waals surface area contributed by atoms with Crippen molar-refractivity contribution in [3.8, 4) is 22.7 Å². The fourth-order valence-electron chi connectivity index (χ4n) is 13.6. The monoisotopic (exact) mass is 971 g/mol. The SMILES string of the molecule is CC(C)(C)c1ccc2c(c1)c1cc(C(C)(C)C)cc3c1n2-c1cc(-n2c4ccccc4c4cccc(-n5c6ccccc6c6ccccc65)c42)cc2c1B3c1cc(C(C)(C)C)cc3c4cc(C(C)(C)C)ccc4n-2c13. The van der Waals surface area contributed by atoms with E-state index in [4.69, 9.17) is 0 Å². The summed E-state index contributed by atoms with van der Waals surface area (Å²) in [4.78, 5) is 0. The molecule has 0 fully saturated rings. The Kier molecular flexibility index (Phi) is 8.67. The Hall–Kier alpha value is -7.76. The van der Waals surface area contributed by atoms with Crippen LogP contribution in [0.2, 0.25) is 0 Å². The largest absolute Gasteiger partial charge is 0.310 e. The van der Waals surface area contributed by atoms with E-state index in [0.29, 0.717) is 0 Å². The number of nitrogens with zero attached hydrogens (tertiary/aromatic N) is 4. The molecule has 0 aliphatic carbocycles. The summed E-state index contributed by atoms with van der Waals surface area (Å²) < 4.78 is 10.5. The van der Waals surface area contributed by atoms with E-state index in [1.165, 1.54) is 137 Å². The molecule has 0 spiro atoms. The molecule has 13 aromatic rings. The van der Waals surface area contributed by atoms with Crippen molar-refractivity contribution >= 4 is 110 Å². The van der Waals surface area contributed by atoms with Crippen molar-refractivity contribution in [1.82, 2.24) is 18.3 Å². The summed E-state index contributed by atoms with van der Waals surface area (Å²) in [6.07, 6.45) is 0. The van der Waals surface area contributed by atoms with Gasteiger partial charge in [0.2, 0.25) is 0 Å². The van der Waals surface area contributed by atoms with Crippen molar-refractivity contribution in [2.75, 3.05) is 0 Å². The molecule has 0 saturated heterocycles. The van der Waals surface area contributed by atoms with Gasteiger partial charge in [0.1, 0.15) is 0 Å². The Bertz CT molecular complexity index is 4450. The zero-order valence-corrected chi connectivity index (χ0v) is 45.5. The van der Waals surface area contributed by atoms with E-state index < -0.39 is 0 Å². The number of fused-ring (bicyclic) bond motifs is 16. The Balaban J connectivity index is 1.16. The normalized spacial score (nSPS) is 13.8. The van der Waals surface area contributed by atoms with Crippen molar-refractivity contribution in [2.24, 2.45) is 0 Å². The Morgan fingerprint density at radius 1 is 0.280 bits per heavy atom. The van der Waals surface area contributed by atoms with Gasteiger partial charge in [-0.15, -0.1) is 0 Å². The highest BCUT2D eigenvalue weighted by Crippen LogP contribution is 2.46. The first kappa shape index (κ1) is 44.7. The molecule has 15 rings (SSSR count). The van der Waals surface area contributed by atoms with Crippen LogP contribution in [0.25, 0.3) is 110 Å². The molecule has 4 aromatic heterocycles. The smallest absolute Gasteiger partial charge is 0.252 e. The highest BCUT2D eigenvalue weighted by molar-refractivity contribution is 7.00. The molecule has 366 valence electrons. The number of aromatic nitrogens is 4. The first-order valence-corrected chi connectivity index (χ1v) is 27.2. The van der Waals surface area contributed by atoms with Gasteiger partial charge in [-0.25, -0.2) is 0 Å². The summed E-state index contributed by atoms with van der Waals surface area (Å²) >= 11 is 0. The lowest BCUT2D eigenvalue weighted by atomic mass is 9.34. The van der Waals surface area contributed by atoms with Gasteiger partial charge in [-0.3, -0.25) is 0 Å². The molecule has 0 radical (unpaired) electrons. The van der Waals surface area contributed by atoms with Gasteiger partial charge in [0, 0.05) is 65.5 Å². The van der Waals surface area contributed by atoms with Crippen LogP contribution in [0.4, 0.5) is 0 Å². The maximum Gasteiger partial charge on any atom is 0.252 e. The number of hydrogen-bond acceptors (Lipinski definition) is 0. The van der Waals surface area contributed by atoms with Crippen LogP contribution in [0.15, 0.2) is 164 Å². The molecule has 0 N–H and O–H groups in total. The predicted octanol–water partition coefficient (Wildman–Crippen LogP) is 16.4. The summed E-state index contributed by atoms with van der Waals surface area (Å²) in [5.74, 6) is 0. The second kappa shape index (κ2) is 14.5. The van der Waals surface area contributed by atoms with Crippen LogP contribution in [0, 0.1) is 0 Å². The molecule has 5 heteroatoms. The maximum absolute atomic E-state index is 2.68. The zero-order valence-electron chi connectivity index (χ0n) is 45.5. The molecule has 75 heavy (non-hydrogen) atoms. The number of rotatable bonds is 2. The molecule has 0 amide bonds. The van der Waals surface area contributed by atoms with E-state index in [2.05, 4.69) is 265 Å². The van der Waals surface area contributed by atoms with E-state index in [9.17, 15) is 0 Å². The fraction of sp³-hybridized carbons (Fsp3) is 0.229. The fourth-order valence-corrected chi connectivity index (χ4v) is 13.6. The van der Waals surface area contributed by atoms with E-state index in [-0.39, 0.29) is 28.4 Å². The summed E-state index contributed by atoms with van der Waals surface area (Å²) in [6, 6.07) is 63.9. The van der Waals surface area contributed by atoms with E-state index in [0.717, 1.165) is 11.4 Å². The second-order valence-corrected chi connectivity index (χ2v) is 26.3. The van der Waals surface area contributed by atoms with Crippen LogP contribution < -0.4 is 16.4 Å². The first-order valence-electron chi connectivity index (χ1n) is 27.2. The van der Waals surface area contributed by atoms with Crippen molar-refractivity contribution in [1.29, 1.82) is 0 Å². The van der Waals surface area contributed by atoms with Crippen LogP contribution in [-0.2, 0) is 21.7 Å². The maximum atomic E-state index is 2.68. The molecule has 6 heterocycles. The van der Waals surface area contributed by atoms with Crippen molar-refractivity contribution < 1.29 is 0 Å². The molecular formula is C70H63BN4. The molecule has 4 nitrogen and oxygen atoms in total. The highest BCUT2D eigenvalue weighted by atomic mass is 15.1. The molecule has 0 saturated carbocycles. The average molecular weight is 971 g/mol. The van der Waals surface area contributed by atoms with E-state index >= 15 is 0 Å². The lowest BCUT2D eigenvalue weighted by molar-refractivity contribution is 0.590. The minimum Gasteiger partial charge on any atom is -0.310 e. The third-order valence-electron chi connectivity index (χ3n) is 17.5. The first-order chi connectivity index (χ1) is 35.8. The van der Waals surface area contributed by atoms with Crippen LogP contribution in [0.3, 0.4) is 0 Å². The number of hydrogen-bond donors (Lipinski definition) is 0. The Morgan fingerprint density at radius 2 is 0.667 bits per heavy atom. The molecule has 2 aliphatic heterocycles. The van der Waals surface area contributed by atoms with Gasteiger partial charge >= 0.3 is 0 Å². The Morgan fingerprint density at radius 3 is 1.12 bits per heavy atom. The average Bonchev–Trinajstić information content (AvgIpc) is 4.33. The van der Waals surface area contributed by atoms with Crippen molar-refractivity contribution in [3.63, 3.8) is 0 Å². The summed E-state index contributed by atoms with van der Waals surface area (Å²) in [6.45, 7) is 28.4.